The molecule has 0 amide bonds. The molecule has 88 valence electrons. The molecule has 0 unspecified atom stereocenters. The Morgan fingerprint density at radius 1 is 1.25 bits per heavy atom. The summed E-state index contributed by atoms with van der Waals surface area (Å²) in [5, 5.41) is 17.3. The number of carboxylic acids is 1. The average molecular weight is 245 g/mol. The first-order valence-electron chi connectivity index (χ1n) is 4.36. The summed E-state index contributed by atoms with van der Waals surface area (Å²) in [7, 11) is -3.80. The molecule has 1 aromatic rings. The van der Waals surface area contributed by atoms with Gasteiger partial charge in [-0.2, -0.15) is 0 Å². The van der Waals surface area contributed by atoms with Crippen LogP contribution in [0.2, 0.25) is 0 Å². The van der Waals surface area contributed by atoms with Crippen molar-refractivity contribution in [3.8, 4) is 5.75 Å². The second-order valence-corrected chi connectivity index (χ2v) is 4.95. The summed E-state index contributed by atoms with van der Waals surface area (Å²) < 4.78 is 24.4. The molecule has 1 rings (SSSR count). The van der Waals surface area contributed by atoms with Crippen LogP contribution in [0.25, 0.3) is 0 Å². The minimum atomic E-state index is -3.80. The Morgan fingerprint density at radius 3 is 2.31 bits per heavy atom. The lowest BCUT2D eigenvalue weighted by atomic mass is 10.2. The second-order valence-electron chi connectivity index (χ2n) is 3.14. The van der Waals surface area contributed by atoms with Crippen molar-refractivity contribution in [1.29, 1.82) is 0 Å². The number of sulfonamides is 1. The van der Waals surface area contributed by atoms with Crippen LogP contribution in [0.4, 0.5) is 0 Å². The van der Waals surface area contributed by atoms with Crippen molar-refractivity contribution < 1.29 is 23.4 Å². The van der Waals surface area contributed by atoms with Crippen molar-refractivity contribution in [2.45, 2.75) is 6.54 Å². The lowest BCUT2D eigenvalue weighted by Crippen LogP contribution is -2.29. The van der Waals surface area contributed by atoms with Crippen LogP contribution in [-0.4, -0.2) is 30.4 Å². The van der Waals surface area contributed by atoms with Crippen LogP contribution < -0.4 is 4.72 Å². The molecule has 0 radical (unpaired) electrons. The van der Waals surface area contributed by atoms with E-state index in [-0.39, 0.29) is 12.3 Å². The summed E-state index contributed by atoms with van der Waals surface area (Å²) in [5.41, 5.74) is 0.631. The predicted molar refractivity (Wildman–Crippen MR) is 56.4 cm³/mol. The fourth-order valence-corrected chi connectivity index (χ4v) is 1.83. The monoisotopic (exact) mass is 245 g/mol. The van der Waals surface area contributed by atoms with E-state index in [0.29, 0.717) is 5.56 Å². The van der Waals surface area contributed by atoms with E-state index in [0.717, 1.165) is 0 Å². The van der Waals surface area contributed by atoms with E-state index in [4.69, 9.17) is 10.2 Å². The molecule has 1 aromatic carbocycles. The lowest BCUT2D eigenvalue weighted by molar-refractivity contribution is -0.134. The molecule has 0 fully saturated rings. The molecule has 0 aromatic heterocycles. The third-order valence-electron chi connectivity index (χ3n) is 1.75. The van der Waals surface area contributed by atoms with Crippen molar-refractivity contribution in [3.05, 3.63) is 29.8 Å². The number of phenolic OH excluding ortho intramolecular Hbond substituents is 1. The van der Waals surface area contributed by atoms with Gasteiger partial charge in [-0.15, -0.1) is 0 Å². The molecule has 7 heteroatoms. The number of phenols is 1. The van der Waals surface area contributed by atoms with Gasteiger partial charge in [0.1, 0.15) is 5.75 Å². The van der Waals surface area contributed by atoms with Gasteiger partial charge in [-0.1, -0.05) is 12.1 Å². The van der Waals surface area contributed by atoms with Crippen molar-refractivity contribution in [2.75, 3.05) is 5.75 Å². The highest BCUT2D eigenvalue weighted by molar-refractivity contribution is 7.90. The first-order chi connectivity index (χ1) is 7.39. The molecule has 16 heavy (non-hydrogen) atoms. The Kier molecular flexibility index (Phi) is 3.86. The fraction of sp³-hybridized carbons (Fsp3) is 0.222. The number of benzene rings is 1. The third-order valence-corrected chi connectivity index (χ3v) is 2.96. The van der Waals surface area contributed by atoms with Gasteiger partial charge in [-0.3, -0.25) is 4.79 Å². The van der Waals surface area contributed by atoms with Gasteiger partial charge in [0.25, 0.3) is 0 Å². The number of rotatable bonds is 5. The summed E-state index contributed by atoms with van der Waals surface area (Å²) in [6.07, 6.45) is 0. The maximum atomic E-state index is 11.1. The van der Waals surface area contributed by atoms with Gasteiger partial charge in [0.2, 0.25) is 10.0 Å². The first kappa shape index (κ1) is 12.5. The van der Waals surface area contributed by atoms with E-state index in [1.54, 1.807) is 12.1 Å². The highest BCUT2D eigenvalue weighted by Gasteiger charge is 2.14. The summed E-state index contributed by atoms with van der Waals surface area (Å²) in [4.78, 5) is 10.2. The largest absolute Gasteiger partial charge is 0.508 e. The van der Waals surface area contributed by atoms with Gasteiger partial charge in [-0.25, -0.2) is 13.1 Å². The van der Waals surface area contributed by atoms with Gasteiger partial charge in [0.05, 0.1) is 0 Å². The van der Waals surface area contributed by atoms with Gasteiger partial charge in [-0.05, 0) is 17.7 Å². The average Bonchev–Trinajstić information content (AvgIpc) is 2.15. The van der Waals surface area contributed by atoms with Crippen molar-refractivity contribution in [3.63, 3.8) is 0 Å². The zero-order valence-electron chi connectivity index (χ0n) is 8.25. The fourth-order valence-electron chi connectivity index (χ4n) is 1.02. The first-order valence-corrected chi connectivity index (χ1v) is 6.01. The molecule has 0 heterocycles. The van der Waals surface area contributed by atoms with Crippen molar-refractivity contribution in [2.24, 2.45) is 0 Å². The molecule has 0 spiro atoms. The van der Waals surface area contributed by atoms with Crippen molar-refractivity contribution >= 4 is 16.0 Å². The molecule has 0 atom stereocenters. The normalized spacial score (nSPS) is 11.2. The summed E-state index contributed by atoms with van der Waals surface area (Å²) in [5.74, 6) is -2.28. The van der Waals surface area contributed by atoms with E-state index in [1.165, 1.54) is 12.1 Å². The summed E-state index contributed by atoms with van der Waals surface area (Å²) >= 11 is 0. The molecular weight excluding hydrogens is 234 g/mol. The molecule has 6 nitrogen and oxygen atoms in total. The molecule has 0 saturated heterocycles. The quantitative estimate of drug-likeness (QED) is 0.671. The lowest BCUT2D eigenvalue weighted by Gasteiger charge is -2.04. The van der Waals surface area contributed by atoms with Gasteiger partial charge >= 0.3 is 5.97 Å². The van der Waals surface area contributed by atoms with E-state index in [2.05, 4.69) is 4.72 Å². The number of nitrogens with one attached hydrogen (secondary N) is 1. The maximum Gasteiger partial charge on any atom is 0.320 e. The number of hydrogen-bond donors (Lipinski definition) is 3. The number of hydrogen-bond acceptors (Lipinski definition) is 4. The predicted octanol–water partition coefficient (Wildman–Crippen LogP) is -0.104. The SMILES string of the molecule is O=C(O)CS(=O)(=O)NCc1ccc(O)cc1. The zero-order chi connectivity index (χ0) is 12.2. The van der Waals surface area contributed by atoms with Gasteiger partial charge in [0.15, 0.2) is 5.75 Å². The van der Waals surface area contributed by atoms with E-state index >= 15 is 0 Å². The molecular formula is C9H11NO5S. The number of carbonyl (C=O) groups is 1. The Morgan fingerprint density at radius 2 is 1.81 bits per heavy atom. The third kappa shape index (κ3) is 4.28. The van der Waals surface area contributed by atoms with Gasteiger partial charge in [0, 0.05) is 6.54 Å². The van der Waals surface area contributed by atoms with Crippen LogP contribution >= 0.6 is 0 Å². The van der Waals surface area contributed by atoms with Crippen LogP contribution in [-0.2, 0) is 21.4 Å². The summed E-state index contributed by atoms with van der Waals surface area (Å²) in [6.45, 7) is -0.00407. The van der Waals surface area contributed by atoms with Gasteiger partial charge < -0.3 is 10.2 Å². The van der Waals surface area contributed by atoms with Crippen LogP contribution in [0.15, 0.2) is 24.3 Å². The Balaban J connectivity index is 2.58. The Hall–Kier alpha value is -1.60. The molecule has 0 aliphatic rings. The highest BCUT2D eigenvalue weighted by atomic mass is 32.2. The van der Waals surface area contributed by atoms with Crippen LogP contribution in [0.3, 0.4) is 0 Å². The molecule has 0 aliphatic carbocycles. The molecule has 0 aliphatic heterocycles. The summed E-state index contributed by atoms with van der Waals surface area (Å²) in [6, 6.07) is 5.92. The molecule has 3 N–H and O–H groups in total. The Labute approximate surface area is 92.6 Å². The number of carboxylic acid groups (broad SMARTS) is 1. The molecule has 0 saturated carbocycles. The smallest absolute Gasteiger partial charge is 0.320 e. The van der Waals surface area contributed by atoms with Crippen LogP contribution in [0, 0.1) is 0 Å². The molecule has 0 bridgehead atoms. The van der Waals surface area contributed by atoms with Crippen molar-refractivity contribution in [1.82, 2.24) is 4.72 Å². The van der Waals surface area contributed by atoms with E-state index in [9.17, 15) is 13.2 Å². The zero-order valence-corrected chi connectivity index (χ0v) is 9.07. The standard InChI is InChI=1S/C9H11NO5S/c11-8-3-1-7(2-4-8)5-10-16(14,15)6-9(12)13/h1-4,10-11H,5-6H2,(H,12,13). The maximum absolute atomic E-state index is 11.1. The van der Waals surface area contributed by atoms with E-state index in [1.807, 2.05) is 0 Å². The topological polar surface area (TPSA) is 104 Å². The highest BCUT2D eigenvalue weighted by Crippen LogP contribution is 2.09. The number of aromatic hydroxyl groups is 1. The Bertz CT molecular complexity index is 465. The second kappa shape index (κ2) is 4.95. The van der Waals surface area contributed by atoms with Crippen LogP contribution in [0.5, 0.6) is 5.75 Å². The number of aliphatic carboxylic acids is 1. The minimum absolute atomic E-state index is 0.00407. The van der Waals surface area contributed by atoms with Crippen LogP contribution in [0.1, 0.15) is 5.56 Å². The minimum Gasteiger partial charge on any atom is -0.508 e. The van der Waals surface area contributed by atoms with E-state index < -0.39 is 21.7 Å².